The van der Waals surface area contributed by atoms with Gasteiger partial charge in [-0.1, -0.05) is 6.08 Å². The van der Waals surface area contributed by atoms with Gasteiger partial charge in [-0.05, 0) is 46.2 Å². The second-order valence-corrected chi connectivity index (χ2v) is 5.05. The topological polar surface area (TPSA) is 24.5 Å². The molecule has 0 aromatic rings. The second kappa shape index (κ2) is 8.67. The fourth-order valence-electron chi connectivity index (χ4n) is 2.22. The number of rotatable bonds is 8. The van der Waals surface area contributed by atoms with Gasteiger partial charge in [0.05, 0.1) is 13.2 Å². The average Bonchev–Trinajstić information content (AvgIpc) is 2.34. The lowest BCUT2D eigenvalue weighted by Gasteiger charge is -2.35. The van der Waals surface area contributed by atoms with E-state index < -0.39 is 0 Å². The van der Waals surface area contributed by atoms with Crippen LogP contribution < -0.4 is 5.32 Å². The molecule has 0 aliphatic carbocycles. The molecule has 1 aliphatic rings. The molecule has 0 spiro atoms. The van der Waals surface area contributed by atoms with Gasteiger partial charge in [-0.15, -0.1) is 6.58 Å². The summed E-state index contributed by atoms with van der Waals surface area (Å²) < 4.78 is 5.48. The van der Waals surface area contributed by atoms with Crippen LogP contribution in [-0.2, 0) is 4.74 Å². The van der Waals surface area contributed by atoms with E-state index in [1.165, 1.54) is 25.9 Å². The molecule has 0 aromatic carbocycles. The highest BCUT2D eigenvalue weighted by Crippen LogP contribution is 2.12. The van der Waals surface area contributed by atoms with Crippen LogP contribution in [0, 0.1) is 0 Å². The summed E-state index contributed by atoms with van der Waals surface area (Å²) in [6.07, 6.45) is 5.39. The standard InChI is InChI=1S/C14H28N2O/c1-4-5-11-17-12-8-15-14-6-9-16(10-7-14)13(2)3/h4,13-15H,1,5-12H2,2-3H3. The third-order valence-electron chi connectivity index (χ3n) is 3.41. The predicted octanol–water partition coefficient (Wildman–Crippen LogP) is 2.04. The average molecular weight is 240 g/mol. The van der Waals surface area contributed by atoms with Crippen molar-refractivity contribution < 1.29 is 4.74 Å². The van der Waals surface area contributed by atoms with Crippen LogP contribution in [0.25, 0.3) is 0 Å². The summed E-state index contributed by atoms with van der Waals surface area (Å²) in [6.45, 7) is 13.3. The Morgan fingerprint density at radius 2 is 2.06 bits per heavy atom. The van der Waals surface area contributed by atoms with Crippen molar-refractivity contribution in [1.29, 1.82) is 0 Å². The van der Waals surface area contributed by atoms with Crippen molar-refractivity contribution in [1.82, 2.24) is 10.2 Å². The van der Waals surface area contributed by atoms with E-state index in [1.807, 2.05) is 6.08 Å². The van der Waals surface area contributed by atoms with Gasteiger partial charge in [-0.3, -0.25) is 0 Å². The van der Waals surface area contributed by atoms with Gasteiger partial charge in [-0.25, -0.2) is 0 Å². The first kappa shape index (κ1) is 14.7. The number of nitrogens with zero attached hydrogens (tertiary/aromatic N) is 1. The molecule has 1 heterocycles. The lowest BCUT2D eigenvalue weighted by Crippen LogP contribution is -2.45. The Hall–Kier alpha value is -0.380. The van der Waals surface area contributed by atoms with E-state index in [0.29, 0.717) is 12.1 Å². The predicted molar refractivity (Wildman–Crippen MR) is 73.4 cm³/mol. The van der Waals surface area contributed by atoms with Gasteiger partial charge in [-0.2, -0.15) is 0 Å². The van der Waals surface area contributed by atoms with Gasteiger partial charge in [0.1, 0.15) is 0 Å². The molecule has 0 bridgehead atoms. The summed E-state index contributed by atoms with van der Waals surface area (Å²) in [5, 5.41) is 3.58. The molecule has 17 heavy (non-hydrogen) atoms. The minimum Gasteiger partial charge on any atom is -0.380 e. The van der Waals surface area contributed by atoms with Gasteiger partial charge in [0.25, 0.3) is 0 Å². The minimum atomic E-state index is 0.688. The highest BCUT2D eigenvalue weighted by molar-refractivity contribution is 4.78. The number of ether oxygens (including phenoxy) is 1. The maximum absolute atomic E-state index is 5.48. The fraction of sp³-hybridized carbons (Fsp3) is 0.857. The van der Waals surface area contributed by atoms with Gasteiger partial charge in [0, 0.05) is 18.6 Å². The van der Waals surface area contributed by atoms with E-state index in [9.17, 15) is 0 Å². The third kappa shape index (κ3) is 6.20. The molecule has 0 unspecified atom stereocenters. The maximum atomic E-state index is 5.48. The summed E-state index contributed by atoms with van der Waals surface area (Å²) in [5.41, 5.74) is 0. The molecule has 0 aromatic heterocycles. The van der Waals surface area contributed by atoms with Gasteiger partial charge >= 0.3 is 0 Å². The summed E-state index contributed by atoms with van der Waals surface area (Å²) in [7, 11) is 0. The van der Waals surface area contributed by atoms with Crippen LogP contribution in [0.1, 0.15) is 33.1 Å². The summed E-state index contributed by atoms with van der Waals surface area (Å²) in [4.78, 5) is 2.55. The van der Waals surface area contributed by atoms with Crippen LogP contribution in [0.5, 0.6) is 0 Å². The molecule has 0 radical (unpaired) electrons. The van der Waals surface area contributed by atoms with Crippen LogP contribution in [0.3, 0.4) is 0 Å². The molecule has 1 aliphatic heterocycles. The number of hydrogen-bond donors (Lipinski definition) is 1. The van der Waals surface area contributed by atoms with Crippen LogP contribution in [0.4, 0.5) is 0 Å². The Morgan fingerprint density at radius 3 is 2.65 bits per heavy atom. The summed E-state index contributed by atoms with van der Waals surface area (Å²) >= 11 is 0. The molecular formula is C14H28N2O. The largest absolute Gasteiger partial charge is 0.380 e. The smallest absolute Gasteiger partial charge is 0.0591 e. The molecule has 1 N–H and O–H groups in total. The normalized spacial score (nSPS) is 18.8. The number of nitrogens with one attached hydrogen (secondary N) is 1. The van der Waals surface area contributed by atoms with Crippen LogP contribution >= 0.6 is 0 Å². The van der Waals surface area contributed by atoms with Gasteiger partial charge in [0.2, 0.25) is 0 Å². The summed E-state index contributed by atoms with van der Waals surface area (Å²) in [5.74, 6) is 0. The minimum absolute atomic E-state index is 0.688. The number of piperidine rings is 1. The van der Waals surface area contributed by atoms with E-state index >= 15 is 0 Å². The quantitative estimate of drug-likeness (QED) is 0.519. The second-order valence-electron chi connectivity index (χ2n) is 5.05. The Balaban J connectivity index is 1.97. The van der Waals surface area contributed by atoms with Gasteiger partial charge in [0.15, 0.2) is 0 Å². The monoisotopic (exact) mass is 240 g/mol. The van der Waals surface area contributed by atoms with Crippen LogP contribution in [0.15, 0.2) is 12.7 Å². The van der Waals surface area contributed by atoms with Crippen molar-refractivity contribution in [2.45, 2.75) is 45.2 Å². The first-order chi connectivity index (χ1) is 8.24. The molecule has 0 amide bonds. The van der Waals surface area contributed by atoms with Crippen molar-refractivity contribution >= 4 is 0 Å². The van der Waals surface area contributed by atoms with E-state index in [-0.39, 0.29) is 0 Å². The molecular weight excluding hydrogens is 212 g/mol. The van der Waals surface area contributed by atoms with E-state index in [1.54, 1.807) is 0 Å². The molecule has 0 saturated carbocycles. The van der Waals surface area contributed by atoms with E-state index in [2.05, 4.69) is 30.6 Å². The zero-order valence-corrected chi connectivity index (χ0v) is 11.5. The third-order valence-corrected chi connectivity index (χ3v) is 3.41. The van der Waals surface area contributed by atoms with Gasteiger partial charge < -0.3 is 15.0 Å². The Bertz CT molecular complexity index is 198. The molecule has 100 valence electrons. The highest BCUT2D eigenvalue weighted by Gasteiger charge is 2.19. The molecule has 3 heteroatoms. The van der Waals surface area contributed by atoms with E-state index in [0.717, 1.165) is 26.2 Å². The fourth-order valence-corrected chi connectivity index (χ4v) is 2.22. The van der Waals surface area contributed by atoms with Crippen LogP contribution in [-0.4, -0.2) is 49.8 Å². The van der Waals surface area contributed by atoms with Crippen LogP contribution in [0.2, 0.25) is 0 Å². The zero-order chi connectivity index (χ0) is 12.5. The molecule has 0 atom stereocenters. The molecule has 1 fully saturated rings. The Labute approximate surface area is 106 Å². The molecule has 3 nitrogen and oxygen atoms in total. The van der Waals surface area contributed by atoms with Crippen molar-refractivity contribution in [3.8, 4) is 0 Å². The summed E-state index contributed by atoms with van der Waals surface area (Å²) in [6, 6.07) is 1.38. The van der Waals surface area contributed by atoms with Crippen molar-refractivity contribution in [2.24, 2.45) is 0 Å². The van der Waals surface area contributed by atoms with E-state index in [4.69, 9.17) is 4.74 Å². The Kier molecular flexibility index (Phi) is 7.49. The zero-order valence-electron chi connectivity index (χ0n) is 11.5. The first-order valence-electron chi connectivity index (χ1n) is 6.90. The highest BCUT2D eigenvalue weighted by atomic mass is 16.5. The first-order valence-corrected chi connectivity index (χ1v) is 6.90. The lowest BCUT2D eigenvalue weighted by molar-refractivity contribution is 0.126. The maximum Gasteiger partial charge on any atom is 0.0591 e. The number of likely N-dealkylation sites (tertiary alicyclic amines) is 1. The van der Waals surface area contributed by atoms with Crippen molar-refractivity contribution in [3.63, 3.8) is 0 Å². The van der Waals surface area contributed by atoms with Crippen molar-refractivity contribution in [2.75, 3.05) is 32.8 Å². The SMILES string of the molecule is C=CCCOCCNC1CCN(C(C)C)CC1. The molecule has 1 saturated heterocycles. The Morgan fingerprint density at radius 1 is 1.35 bits per heavy atom. The number of hydrogen-bond acceptors (Lipinski definition) is 3. The lowest BCUT2D eigenvalue weighted by atomic mass is 10.0. The van der Waals surface area contributed by atoms with Crippen molar-refractivity contribution in [3.05, 3.63) is 12.7 Å². The molecule has 1 rings (SSSR count).